The summed E-state index contributed by atoms with van der Waals surface area (Å²) in [6.07, 6.45) is 0.287. The quantitative estimate of drug-likeness (QED) is 0.144. The Morgan fingerprint density at radius 3 is 2.77 bits per heavy atom. The summed E-state index contributed by atoms with van der Waals surface area (Å²) in [6.45, 7) is -0.824. The maximum Gasteiger partial charge on any atom is 0.418 e. The molecule has 1 aromatic rings. The zero-order valence-electron chi connectivity index (χ0n) is 14.9. The summed E-state index contributed by atoms with van der Waals surface area (Å²) in [7, 11) is -4.95. The summed E-state index contributed by atoms with van der Waals surface area (Å²) < 4.78 is 35.4. The lowest BCUT2D eigenvalue weighted by Crippen LogP contribution is -2.79. The van der Waals surface area contributed by atoms with Crippen LogP contribution in [0, 0.1) is 0 Å². The largest absolute Gasteiger partial charge is 0.479 e. The Morgan fingerprint density at radius 1 is 1.50 bits per heavy atom. The molecule has 5 N–H and O–H groups in total. The predicted molar refractivity (Wildman–Crippen MR) is 103 cm³/mol. The molecule has 2 unspecified atom stereocenters. The van der Waals surface area contributed by atoms with Crippen LogP contribution in [0.1, 0.15) is 12.1 Å². The van der Waals surface area contributed by atoms with Crippen molar-refractivity contribution in [3.63, 3.8) is 0 Å². The molecule has 0 radical (unpaired) electrons. The van der Waals surface area contributed by atoms with E-state index in [-0.39, 0.29) is 23.0 Å². The van der Waals surface area contributed by atoms with E-state index < -0.39 is 52.1 Å². The molecule has 2 atom stereocenters. The first-order valence-corrected chi connectivity index (χ1v) is 11.5. The van der Waals surface area contributed by atoms with Crippen LogP contribution in [0.4, 0.5) is 5.13 Å². The Kier molecular flexibility index (Phi) is 6.18. The zero-order valence-corrected chi connectivity index (χ0v) is 17.3. The average Bonchev–Trinajstić information content (AvgIpc) is 3.31. The fourth-order valence-electron chi connectivity index (χ4n) is 2.93. The third-order valence-electron chi connectivity index (χ3n) is 4.19. The number of oxime groups is 1. The van der Waals surface area contributed by atoms with E-state index in [1.165, 1.54) is 17.1 Å². The molecule has 2 fully saturated rings. The van der Waals surface area contributed by atoms with Crippen molar-refractivity contribution < 1.29 is 41.6 Å². The minimum absolute atomic E-state index is 0.00643. The Bertz CT molecular complexity index is 1000. The van der Waals surface area contributed by atoms with Gasteiger partial charge in [0.25, 0.3) is 11.8 Å². The van der Waals surface area contributed by atoms with Crippen molar-refractivity contribution in [3.8, 4) is 0 Å². The highest BCUT2D eigenvalue weighted by Crippen LogP contribution is 2.44. The number of thioether (sulfide) groups is 1. The molecule has 0 aromatic carbocycles. The summed E-state index contributed by atoms with van der Waals surface area (Å²) in [6, 6.07) is -1.18. The van der Waals surface area contributed by atoms with E-state index >= 15 is 0 Å². The number of rotatable bonds is 8. The van der Waals surface area contributed by atoms with Crippen molar-refractivity contribution in [2.24, 2.45) is 5.16 Å². The van der Waals surface area contributed by atoms with Crippen LogP contribution >= 0.6 is 23.1 Å². The number of carbonyl (C=O) groups is 3. The molecule has 2 aliphatic heterocycles. The van der Waals surface area contributed by atoms with Crippen LogP contribution in [0.15, 0.2) is 10.5 Å². The van der Waals surface area contributed by atoms with Crippen molar-refractivity contribution in [2.45, 2.75) is 18.0 Å². The Morgan fingerprint density at radius 2 is 2.23 bits per heavy atom. The van der Waals surface area contributed by atoms with Gasteiger partial charge < -0.3 is 21.0 Å². The van der Waals surface area contributed by atoms with Gasteiger partial charge in [0.2, 0.25) is 6.61 Å². The number of hydroxylamine groups is 2. The maximum atomic E-state index is 12.8. The van der Waals surface area contributed by atoms with Crippen molar-refractivity contribution in [2.75, 3.05) is 23.8 Å². The first-order valence-electron chi connectivity index (χ1n) is 8.06. The van der Waals surface area contributed by atoms with E-state index in [0.29, 0.717) is 10.8 Å². The van der Waals surface area contributed by atoms with Gasteiger partial charge in [-0.1, -0.05) is 5.16 Å². The molecule has 14 nitrogen and oxygen atoms in total. The van der Waals surface area contributed by atoms with E-state index in [9.17, 15) is 22.8 Å². The highest BCUT2D eigenvalue weighted by Gasteiger charge is 2.64. The summed E-state index contributed by atoms with van der Waals surface area (Å²) in [5, 5.41) is 16.6. The number of β-lactam (4-membered cyclic amide) rings is 1. The Labute approximate surface area is 177 Å². The summed E-state index contributed by atoms with van der Waals surface area (Å²) in [4.78, 5) is 44.3. The van der Waals surface area contributed by atoms with E-state index in [1.807, 2.05) is 0 Å². The predicted octanol–water partition coefficient (Wildman–Crippen LogP) is -1.53. The molecule has 17 heteroatoms. The van der Waals surface area contributed by atoms with Crippen molar-refractivity contribution >= 4 is 62.1 Å². The Balaban J connectivity index is 1.82. The number of carboxylic acids is 1. The van der Waals surface area contributed by atoms with Gasteiger partial charge in [-0.3, -0.25) is 14.1 Å². The molecular weight excluding hydrogens is 466 g/mol. The van der Waals surface area contributed by atoms with E-state index in [0.717, 1.165) is 11.3 Å². The molecule has 164 valence electrons. The van der Waals surface area contributed by atoms with Crippen LogP contribution in [-0.4, -0.2) is 81.3 Å². The van der Waals surface area contributed by atoms with E-state index in [2.05, 4.69) is 24.6 Å². The topological polar surface area (TPSA) is 211 Å². The standard InChI is InChI=1S/C13H15N5O9S3/c14-12-15-6(4-29-12)8(17-26-3-7(19)20)10(21)16-9-11(22)18(27-30(23,24)25)13(9)1-2-28-5-13/h4,9H,1-3,5H2,(H2,14,15)(H,16,21)(H,19,20)(H,23,24,25). The fraction of sp³-hybridized carbons (Fsp3) is 0.462. The molecule has 2 saturated heterocycles. The molecule has 30 heavy (non-hydrogen) atoms. The fourth-order valence-corrected chi connectivity index (χ4v) is 5.31. The molecular formula is C13H15N5O9S3. The summed E-state index contributed by atoms with van der Waals surface area (Å²) in [5.74, 6) is -2.36. The molecule has 0 aliphatic carbocycles. The summed E-state index contributed by atoms with van der Waals surface area (Å²) in [5.41, 5.74) is 3.93. The van der Waals surface area contributed by atoms with Gasteiger partial charge in [0, 0.05) is 11.1 Å². The molecule has 0 saturated carbocycles. The van der Waals surface area contributed by atoms with Gasteiger partial charge in [0.05, 0.1) is 0 Å². The minimum atomic E-state index is -4.95. The normalized spacial score (nSPS) is 24.0. The zero-order chi connectivity index (χ0) is 22.1. The van der Waals surface area contributed by atoms with E-state index in [1.54, 1.807) is 0 Å². The van der Waals surface area contributed by atoms with Crippen molar-refractivity contribution in [1.29, 1.82) is 0 Å². The number of carbonyl (C=O) groups excluding carboxylic acids is 2. The lowest BCUT2D eigenvalue weighted by atomic mass is 9.80. The van der Waals surface area contributed by atoms with Gasteiger partial charge in [0.1, 0.15) is 17.3 Å². The number of hydrogen-bond donors (Lipinski definition) is 4. The highest BCUT2D eigenvalue weighted by atomic mass is 32.3. The number of anilines is 1. The van der Waals surface area contributed by atoms with Gasteiger partial charge in [0.15, 0.2) is 10.8 Å². The highest BCUT2D eigenvalue weighted by molar-refractivity contribution is 7.99. The lowest BCUT2D eigenvalue weighted by Gasteiger charge is -2.52. The smallest absolute Gasteiger partial charge is 0.418 e. The number of nitrogen functional groups attached to an aromatic ring is 1. The number of aliphatic carboxylic acids is 1. The van der Waals surface area contributed by atoms with Crippen molar-refractivity contribution in [3.05, 3.63) is 11.1 Å². The average molecular weight is 481 g/mol. The molecule has 3 rings (SSSR count). The van der Waals surface area contributed by atoms with Crippen molar-refractivity contribution in [1.82, 2.24) is 15.4 Å². The van der Waals surface area contributed by atoms with Gasteiger partial charge in [-0.25, -0.2) is 9.78 Å². The van der Waals surface area contributed by atoms with Crippen LogP contribution in [-0.2, 0) is 33.9 Å². The van der Waals surface area contributed by atoms with Crippen LogP contribution in [0.25, 0.3) is 0 Å². The lowest BCUT2D eigenvalue weighted by molar-refractivity contribution is -0.220. The molecule has 2 amide bonds. The van der Waals surface area contributed by atoms with Crippen LogP contribution < -0.4 is 11.1 Å². The minimum Gasteiger partial charge on any atom is -0.479 e. The molecule has 2 aliphatic rings. The number of nitrogens with zero attached hydrogens (tertiary/aromatic N) is 3. The van der Waals surface area contributed by atoms with Gasteiger partial charge in [-0.15, -0.1) is 15.6 Å². The van der Waals surface area contributed by atoms with Crippen LogP contribution in [0.3, 0.4) is 0 Å². The first-order chi connectivity index (χ1) is 14.0. The second kappa shape index (κ2) is 8.34. The van der Waals surface area contributed by atoms with E-state index in [4.69, 9.17) is 15.4 Å². The van der Waals surface area contributed by atoms with Crippen LogP contribution in [0.2, 0.25) is 0 Å². The number of aromatic nitrogens is 1. The number of nitrogens with two attached hydrogens (primary N) is 1. The monoisotopic (exact) mass is 481 g/mol. The van der Waals surface area contributed by atoms with Crippen LogP contribution in [0.5, 0.6) is 0 Å². The number of nitrogens with one attached hydrogen (secondary N) is 1. The number of amides is 2. The molecule has 0 bridgehead atoms. The second-order valence-corrected chi connectivity index (χ2v) is 9.12. The Hall–Kier alpha value is -2.47. The van der Waals surface area contributed by atoms with Gasteiger partial charge >= 0.3 is 16.4 Å². The number of hydrogen-bond acceptors (Lipinski definition) is 12. The number of thiazole rings is 1. The molecule has 3 heterocycles. The number of carboxylic acid groups (broad SMARTS) is 1. The third kappa shape index (κ3) is 4.48. The van der Waals surface area contributed by atoms with Gasteiger partial charge in [-0.05, 0) is 12.2 Å². The summed E-state index contributed by atoms with van der Waals surface area (Å²) >= 11 is 2.39. The third-order valence-corrected chi connectivity index (χ3v) is 6.40. The molecule has 1 spiro atoms. The SMILES string of the molecule is Nc1nc(C(=NOCC(=O)O)C(=O)NC2C(=O)N(OS(=O)(=O)O)C23CCSC3)cs1. The molecule has 1 aromatic heterocycles. The second-order valence-electron chi connectivity index (χ2n) is 6.13. The maximum absolute atomic E-state index is 12.8. The van der Waals surface area contributed by atoms with Gasteiger partial charge in [-0.2, -0.15) is 25.2 Å². The first kappa shape index (κ1) is 22.2.